The Balaban J connectivity index is 2.36. The minimum atomic E-state index is -1.02. The maximum absolute atomic E-state index is 12.4. The Morgan fingerprint density at radius 3 is 2.55 bits per heavy atom. The Labute approximate surface area is 132 Å². The lowest BCUT2D eigenvalue weighted by Crippen LogP contribution is -2.44. The van der Waals surface area contributed by atoms with Gasteiger partial charge in [-0.1, -0.05) is 13.8 Å². The number of aliphatic carboxylic acids is 1. The second kappa shape index (κ2) is 6.36. The highest BCUT2D eigenvalue weighted by atomic mass is 32.1. The molecule has 0 aliphatic carbocycles. The third-order valence-electron chi connectivity index (χ3n) is 3.57. The van der Waals surface area contributed by atoms with E-state index < -0.39 is 12.0 Å². The number of carbonyl (C=O) groups is 2. The summed E-state index contributed by atoms with van der Waals surface area (Å²) in [5.74, 6) is -0.829. The van der Waals surface area contributed by atoms with Crippen LogP contribution in [0.25, 0.3) is 10.1 Å². The second-order valence-corrected chi connectivity index (χ2v) is 6.50. The summed E-state index contributed by atoms with van der Waals surface area (Å²) >= 11 is 1.36. The normalized spacial score (nSPS) is 12.4. The zero-order valence-electron chi connectivity index (χ0n) is 13.0. The minimum Gasteiger partial charge on any atom is -0.497 e. The SMILES string of the molecule is COc1ccc2sc(C(=O)N[C@H](C(=O)O)C(C)C)c(C)c2c1. The molecular weight excluding hydrogens is 302 g/mol. The van der Waals surface area contributed by atoms with E-state index in [1.54, 1.807) is 21.0 Å². The summed E-state index contributed by atoms with van der Waals surface area (Å²) in [7, 11) is 1.59. The molecule has 1 aromatic heterocycles. The first kappa shape index (κ1) is 16.3. The molecule has 0 bridgehead atoms. The first-order chi connectivity index (χ1) is 10.3. The van der Waals surface area contributed by atoms with E-state index >= 15 is 0 Å². The van der Waals surface area contributed by atoms with Crippen molar-refractivity contribution in [3.05, 3.63) is 28.6 Å². The number of rotatable bonds is 5. The first-order valence-corrected chi connectivity index (χ1v) is 7.77. The number of nitrogens with one attached hydrogen (secondary N) is 1. The number of carboxylic acids is 1. The van der Waals surface area contributed by atoms with Crippen molar-refractivity contribution in [2.45, 2.75) is 26.8 Å². The fourth-order valence-electron chi connectivity index (χ4n) is 2.26. The van der Waals surface area contributed by atoms with E-state index in [0.717, 1.165) is 21.4 Å². The zero-order chi connectivity index (χ0) is 16.4. The molecule has 1 aromatic carbocycles. The molecule has 2 rings (SSSR count). The van der Waals surface area contributed by atoms with Crippen LogP contribution >= 0.6 is 11.3 Å². The molecule has 1 heterocycles. The smallest absolute Gasteiger partial charge is 0.326 e. The molecule has 0 saturated heterocycles. The number of hydrogen-bond acceptors (Lipinski definition) is 4. The third-order valence-corrected chi connectivity index (χ3v) is 4.84. The van der Waals surface area contributed by atoms with Crippen molar-refractivity contribution in [1.82, 2.24) is 5.32 Å². The van der Waals surface area contributed by atoms with E-state index in [1.807, 2.05) is 25.1 Å². The molecule has 0 unspecified atom stereocenters. The fraction of sp³-hybridized carbons (Fsp3) is 0.375. The highest BCUT2D eigenvalue weighted by Crippen LogP contribution is 2.33. The van der Waals surface area contributed by atoms with Crippen molar-refractivity contribution in [1.29, 1.82) is 0 Å². The number of carboxylic acid groups (broad SMARTS) is 1. The van der Waals surface area contributed by atoms with Gasteiger partial charge in [-0.25, -0.2) is 4.79 Å². The summed E-state index contributed by atoms with van der Waals surface area (Å²) in [6.45, 7) is 5.39. The number of carbonyl (C=O) groups excluding carboxylic acids is 1. The Hall–Kier alpha value is -2.08. The monoisotopic (exact) mass is 321 g/mol. The van der Waals surface area contributed by atoms with E-state index in [9.17, 15) is 14.7 Å². The van der Waals surface area contributed by atoms with E-state index in [1.165, 1.54) is 11.3 Å². The predicted molar refractivity (Wildman–Crippen MR) is 86.8 cm³/mol. The topological polar surface area (TPSA) is 75.6 Å². The van der Waals surface area contributed by atoms with E-state index in [2.05, 4.69) is 5.32 Å². The van der Waals surface area contributed by atoms with Gasteiger partial charge in [0.2, 0.25) is 0 Å². The number of aryl methyl sites for hydroxylation is 1. The quantitative estimate of drug-likeness (QED) is 0.887. The largest absolute Gasteiger partial charge is 0.497 e. The maximum Gasteiger partial charge on any atom is 0.326 e. The van der Waals surface area contributed by atoms with Crippen LogP contribution in [0.4, 0.5) is 0 Å². The molecule has 0 aliphatic heterocycles. The second-order valence-electron chi connectivity index (χ2n) is 5.45. The van der Waals surface area contributed by atoms with Crippen molar-refractivity contribution >= 4 is 33.3 Å². The lowest BCUT2D eigenvalue weighted by Gasteiger charge is -2.17. The average Bonchev–Trinajstić information content (AvgIpc) is 2.80. The van der Waals surface area contributed by atoms with Crippen molar-refractivity contribution < 1.29 is 19.4 Å². The molecule has 6 heteroatoms. The molecule has 118 valence electrons. The van der Waals surface area contributed by atoms with Gasteiger partial charge >= 0.3 is 5.97 Å². The van der Waals surface area contributed by atoms with Crippen LogP contribution in [0, 0.1) is 12.8 Å². The number of methoxy groups -OCH3 is 1. The molecule has 0 aliphatic rings. The average molecular weight is 321 g/mol. The molecule has 1 atom stereocenters. The number of benzene rings is 1. The molecule has 0 spiro atoms. The molecule has 5 nitrogen and oxygen atoms in total. The van der Waals surface area contributed by atoms with Gasteiger partial charge in [0.05, 0.1) is 12.0 Å². The van der Waals surface area contributed by atoms with Crippen LogP contribution < -0.4 is 10.1 Å². The summed E-state index contributed by atoms with van der Waals surface area (Å²) in [5.41, 5.74) is 0.837. The van der Waals surface area contributed by atoms with Gasteiger partial charge in [0, 0.05) is 4.70 Å². The van der Waals surface area contributed by atoms with Gasteiger partial charge in [-0.15, -0.1) is 11.3 Å². The van der Waals surface area contributed by atoms with Gasteiger partial charge in [-0.3, -0.25) is 4.79 Å². The van der Waals surface area contributed by atoms with Crippen LogP contribution in [0.1, 0.15) is 29.1 Å². The third kappa shape index (κ3) is 3.06. The van der Waals surface area contributed by atoms with E-state index in [0.29, 0.717) is 4.88 Å². The molecule has 2 N–H and O–H groups in total. The van der Waals surface area contributed by atoms with Crippen molar-refractivity contribution in [3.8, 4) is 5.75 Å². The molecule has 1 amide bonds. The summed E-state index contributed by atoms with van der Waals surface area (Å²) in [6.07, 6.45) is 0. The van der Waals surface area contributed by atoms with E-state index in [4.69, 9.17) is 4.74 Å². The minimum absolute atomic E-state index is 0.184. The first-order valence-electron chi connectivity index (χ1n) is 6.96. The number of thiophene rings is 1. The van der Waals surface area contributed by atoms with Gasteiger partial charge in [-0.05, 0) is 42.0 Å². The lowest BCUT2D eigenvalue weighted by atomic mass is 10.0. The standard InChI is InChI=1S/C16H19NO4S/c1-8(2)13(16(19)20)17-15(18)14-9(3)11-7-10(21-4)5-6-12(11)22-14/h5-8,13H,1-4H3,(H,17,18)(H,19,20)/t13-/m0/s1. The summed E-state index contributed by atoms with van der Waals surface area (Å²) in [5, 5.41) is 12.7. The Bertz CT molecular complexity index is 720. The van der Waals surface area contributed by atoms with Crippen LogP contribution in [-0.4, -0.2) is 30.1 Å². The number of ether oxygens (including phenoxy) is 1. The van der Waals surface area contributed by atoms with E-state index in [-0.39, 0.29) is 11.8 Å². The van der Waals surface area contributed by atoms with Gasteiger partial charge in [0.15, 0.2) is 0 Å². The van der Waals surface area contributed by atoms with Gasteiger partial charge in [-0.2, -0.15) is 0 Å². The van der Waals surface area contributed by atoms with Crippen molar-refractivity contribution in [2.24, 2.45) is 5.92 Å². The van der Waals surface area contributed by atoms with Gasteiger partial charge in [0.25, 0.3) is 5.91 Å². The summed E-state index contributed by atoms with van der Waals surface area (Å²) < 4.78 is 6.17. The molecule has 0 fully saturated rings. The number of fused-ring (bicyclic) bond motifs is 1. The highest BCUT2D eigenvalue weighted by molar-refractivity contribution is 7.21. The Morgan fingerprint density at radius 1 is 1.32 bits per heavy atom. The fourth-order valence-corrected chi connectivity index (χ4v) is 3.36. The van der Waals surface area contributed by atoms with Gasteiger partial charge in [0.1, 0.15) is 11.8 Å². The lowest BCUT2D eigenvalue weighted by molar-refractivity contribution is -0.140. The number of amides is 1. The maximum atomic E-state index is 12.4. The van der Waals surface area contributed by atoms with Crippen LogP contribution in [0.15, 0.2) is 18.2 Å². The highest BCUT2D eigenvalue weighted by Gasteiger charge is 2.25. The Morgan fingerprint density at radius 2 is 2.00 bits per heavy atom. The predicted octanol–water partition coefficient (Wildman–Crippen LogP) is 3.06. The van der Waals surface area contributed by atoms with Gasteiger partial charge < -0.3 is 15.2 Å². The zero-order valence-corrected chi connectivity index (χ0v) is 13.8. The van der Waals surface area contributed by atoms with Crippen LogP contribution in [0.5, 0.6) is 5.75 Å². The molecule has 22 heavy (non-hydrogen) atoms. The van der Waals surface area contributed by atoms with Crippen molar-refractivity contribution in [3.63, 3.8) is 0 Å². The van der Waals surface area contributed by atoms with Crippen LogP contribution in [-0.2, 0) is 4.79 Å². The summed E-state index contributed by atoms with van der Waals surface area (Å²) in [4.78, 5) is 24.2. The van der Waals surface area contributed by atoms with Crippen molar-refractivity contribution in [2.75, 3.05) is 7.11 Å². The number of hydrogen-bond donors (Lipinski definition) is 2. The summed E-state index contributed by atoms with van der Waals surface area (Å²) in [6, 6.07) is 4.73. The molecule has 2 aromatic rings. The Kier molecular flexibility index (Phi) is 4.71. The van der Waals surface area contributed by atoms with Crippen LogP contribution in [0.2, 0.25) is 0 Å². The molecule has 0 saturated carbocycles. The molecule has 0 radical (unpaired) electrons. The molecular formula is C16H19NO4S. The van der Waals surface area contributed by atoms with Crippen LogP contribution in [0.3, 0.4) is 0 Å².